The van der Waals surface area contributed by atoms with Gasteiger partial charge >= 0.3 is 0 Å². The Bertz CT molecular complexity index is 344. The van der Waals surface area contributed by atoms with Crippen LogP contribution in [0.2, 0.25) is 0 Å². The van der Waals surface area contributed by atoms with Gasteiger partial charge in [-0.25, -0.2) is 0 Å². The summed E-state index contributed by atoms with van der Waals surface area (Å²) in [6.45, 7) is 0. The fourth-order valence-electron chi connectivity index (χ4n) is 2.49. The predicted octanol–water partition coefficient (Wildman–Crippen LogP) is 5.66. The van der Waals surface area contributed by atoms with Crippen molar-refractivity contribution in [3.05, 3.63) is 34.3 Å². The molecule has 0 heterocycles. The Labute approximate surface area is 132 Å². The Kier molecular flexibility index (Phi) is 6.45. The maximum absolute atomic E-state index is 6.32. The van der Waals surface area contributed by atoms with Crippen LogP contribution in [0.1, 0.15) is 50.2 Å². The van der Waals surface area contributed by atoms with Gasteiger partial charge in [-0.15, -0.1) is 0 Å². The highest BCUT2D eigenvalue weighted by Gasteiger charge is 2.18. The zero-order valence-corrected chi connectivity index (χ0v) is 14.3. The lowest BCUT2D eigenvalue weighted by Gasteiger charge is -2.23. The van der Waals surface area contributed by atoms with Crippen molar-refractivity contribution in [2.45, 2.75) is 50.7 Å². The maximum Gasteiger partial charge on any atom is 0.0918 e. The molecule has 1 aromatic rings. The predicted molar refractivity (Wildman–Crippen MR) is 88.3 cm³/mol. The van der Waals surface area contributed by atoms with Gasteiger partial charge in [0.05, 0.1) is 12.2 Å². The van der Waals surface area contributed by atoms with E-state index in [9.17, 15) is 0 Å². The molecule has 1 saturated carbocycles. The summed E-state index contributed by atoms with van der Waals surface area (Å²) in [4.78, 5) is 0. The number of hydrogen-bond acceptors (Lipinski definition) is 1. The number of benzene rings is 1. The van der Waals surface area contributed by atoms with Crippen LogP contribution in [0.4, 0.5) is 0 Å². The zero-order valence-electron chi connectivity index (χ0n) is 10.6. The third kappa shape index (κ3) is 4.49. The molecule has 100 valence electrons. The molecular formula is C15H20BrIO. The summed E-state index contributed by atoms with van der Waals surface area (Å²) in [7, 11) is 0. The molecule has 1 atom stereocenters. The van der Waals surface area contributed by atoms with Crippen LogP contribution in [0, 0.1) is 0 Å². The molecule has 2 rings (SSSR count). The first kappa shape index (κ1) is 14.8. The van der Waals surface area contributed by atoms with Gasteiger partial charge in [0.1, 0.15) is 0 Å². The minimum atomic E-state index is 0.252. The number of alkyl halides is 1. The standard InChI is InChI=1S/C15H20BrIO/c16-13-9-7-12(8-10-13)15(11-17)18-14-5-3-1-2-4-6-14/h7-10,14-15H,1-6,11H2. The number of rotatable bonds is 4. The van der Waals surface area contributed by atoms with Crippen molar-refractivity contribution in [1.29, 1.82) is 0 Å². The second kappa shape index (κ2) is 7.85. The summed E-state index contributed by atoms with van der Waals surface area (Å²) in [5.41, 5.74) is 1.30. The highest BCUT2D eigenvalue weighted by molar-refractivity contribution is 14.1. The Balaban J connectivity index is 1.97. The van der Waals surface area contributed by atoms with Crippen molar-refractivity contribution < 1.29 is 4.74 Å². The first-order valence-electron chi connectivity index (χ1n) is 6.76. The zero-order chi connectivity index (χ0) is 12.8. The quantitative estimate of drug-likeness (QED) is 0.345. The van der Waals surface area contributed by atoms with Crippen LogP contribution in [0.25, 0.3) is 0 Å². The Morgan fingerprint density at radius 2 is 1.72 bits per heavy atom. The van der Waals surface area contributed by atoms with Crippen molar-refractivity contribution >= 4 is 38.5 Å². The molecule has 1 nitrogen and oxygen atoms in total. The molecule has 0 aromatic heterocycles. The molecule has 0 bridgehead atoms. The van der Waals surface area contributed by atoms with Gasteiger partial charge in [0.25, 0.3) is 0 Å². The Morgan fingerprint density at radius 1 is 1.11 bits per heavy atom. The molecule has 0 saturated heterocycles. The van der Waals surface area contributed by atoms with Crippen molar-refractivity contribution in [2.75, 3.05) is 4.43 Å². The van der Waals surface area contributed by atoms with E-state index in [0.29, 0.717) is 6.10 Å². The van der Waals surface area contributed by atoms with E-state index in [1.807, 2.05) is 0 Å². The minimum absolute atomic E-state index is 0.252. The molecular weight excluding hydrogens is 403 g/mol. The van der Waals surface area contributed by atoms with Crippen LogP contribution in [-0.4, -0.2) is 10.5 Å². The second-order valence-corrected chi connectivity index (χ2v) is 6.74. The molecule has 1 aromatic carbocycles. The first-order valence-corrected chi connectivity index (χ1v) is 9.08. The second-order valence-electron chi connectivity index (χ2n) is 4.94. The van der Waals surface area contributed by atoms with Crippen molar-refractivity contribution in [2.24, 2.45) is 0 Å². The topological polar surface area (TPSA) is 9.23 Å². The van der Waals surface area contributed by atoms with Crippen LogP contribution >= 0.6 is 38.5 Å². The third-order valence-electron chi connectivity index (χ3n) is 3.54. The van der Waals surface area contributed by atoms with Gasteiger partial charge in [-0.05, 0) is 30.5 Å². The average Bonchev–Trinajstić information content (AvgIpc) is 2.66. The fraction of sp³-hybridized carbons (Fsp3) is 0.600. The van der Waals surface area contributed by atoms with E-state index in [2.05, 4.69) is 62.8 Å². The molecule has 1 aliphatic carbocycles. The van der Waals surface area contributed by atoms with E-state index in [4.69, 9.17) is 4.74 Å². The lowest BCUT2D eigenvalue weighted by Crippen LogP contribution is -2.17. The van der Waals surface area contributed by atoms with E-state index < -0.39 is 0 Å². The molecule has 1 aliphatic rings. The molecule has 18 heavy (non-hydrogen) atoms. The smallest absolute Gasteiger partial charge is 0.0918 e. The average molecular weight is 423 g/mol. The third-order valence-corrected chi connectivity index (χ3v) is 4.87. The van der Waals surface area contributed by atoms with Crippen molar-refractivity contribution in [3.8, 4) is 0 Å². The van der Waals surface area contributed by atoms with Gasteiger partial charge in [0.15, 0.2) is 0 Å². The minimum Gasteiger partial charge on any atom is -0.369 e. The van der Waals surface area contributed by atoms with Crippen molar-refractivity contribution in [1.82, 2.24) is 0 Å². The molecule has 0 spiro atoms. The number of halogens is 2. The van der Waals surface area contributed by atoms with Gasteiger partial charge in [-0.2, -0.15) is 0 Å². The summed E-state index contributed by atoms with van der Waals surface area (Å²) in [5.74, 6) is 0. The Hall–Kier alpha value is 0.390. The summed E-state index contributed by atoms with van der Waals surface area (Å²) in [6.07, 6.45) is 8.63. The first-order chi connectivity index (χ1) is 8.79. The number of ether oxygens (including phenoxy) is 1. The summed E-state index contributed by atoms with van der Waals surface area (Å²) in [5, 5.41) is 0. The van der Waals surface area contributed by atoms with E-state index >= 15 is 0 Å². The van der Waals surface area contributed by atoms with Gasteiger partial charge in [0, 0.05) is 8.90 Å². The summed E-state index contributed by atoms with van der Waals surface area (Å²) in [6, 6.07) is 8.55. The molecule has 0 aliphatic heterocycles. The lowest BCUT2D eigenvalue weighted by atomic mass is 10.1. The monoisotopic (exact) mass is 422 g/mol. The SMILES string of the molecule is Brc1ccc(C(CI)OC2CCCCCC2)cc1. The van der Waals surface area contributed by atoms with Crippen LogP contribution in [0.3, 0.4) is 0 Å². The molecule has 0 radical (unpaired) electrons. The summed E-state index contributed by atoms with van der Waals surface area (Å²) >= 11 is 5.91. The van der Waals surface area contributed by atoms with Gasteiger partial charge in [-0.1, -0.05) is 76.3 Å². The van der Waals surface area contributed by atoms with Gasteiger partial charge in [0.2, 0.25) is 0 Å². The Morgan fingerprint density at radius 3 is 2.28 bits per heavy atom. The van der Waals surface area contributed by atoms with Crippen LogP contribution in [0.5, 0.6) is 0 Å². The van der Waals surface area contributed by atoms with Crippen LogP contribution in [-0.2, 0) is 4.74 Å². The van der Waals surface area contributed by atoms with Gasteiger partial charge in [-0.3, -0.25) is 0 Å². The summed E-state index contributed by atoms with van der Waals surface area (Å²) < 4.78 is 8.48. The lowest BCUT2D eigenvalue weighted by molar-refractivity contribution is -0.00705. The molecule has 1 unspecified atom stereocenters. The molecule has 1 fully saturated rings. The molecule has 0 N–H and O–H groups in total. The largest absolute Gasteiger partial charge is 0.369 e. The molecule has 3 heteroatoms. The van der Waals surface area contributed by atoms with E-state index in [1.165, 1.54) is 44.1 Å². The number of hydrogen-bond donors (Lipinski definition) is 0. The fourth-order valence-corrected chi connectivity index (χ4v) is 3.47. The van der Waals surface area contributed by atoms with E-state index in [0.717, 1.165) is 8.90 Å². The molecule has 0 amide bonds. The van der Waals surface area contributed by atoms with Crippen LogP contribution in [0.15, 0.2) is 28.7 Å². The van der Waals surface area contributed by atoms with E-state index in [-0.39, 0.29) is 6.10 Å². The van der Waals surface area contributed by atoms with Gasteiger partial charge < -0.3 is 4.74 Å². The maximum atomic E-state index is 6.32. The van der Waals surface area contributed by atoms with Crippen molar-refractivity contribution in [3.63, 3.8) is 0 Å². The van der Waals surface area contributed by atoms with Crippen LogP contribution < -0.4 is 0 Å². The highest BCUT2D eigenvalue weighted by atomic mass is 127. The highest BCUT2D eigenvalue weighted by Crippen LogP contribution is 2.28. The van der Waals surface area contributed by atoms with E-state index in [1.54, 1.807) is 0 Å². The normalized spacial score (nSPS) is 19.4.